The predicted octanol–water partition coefficient (Wildman–Crippen LogP) is -2.41. The zero-order valence-corrected chi connectivity index (χ0v) is 6.75. The molecule has 0 aromatic rings. The summed E-state index contributed by atoms with van der Waals surface area (Å²) in [7, 11) is 1.72. The third-order valence-electron chi connectivity index (χ3n) is 0. The summed E-state index contributed by atoms with van der Waals surface area (Å²) < 4.78 is 8.06. The summed E-state index contributed by atoms with van der Waals surface area (Å²) >= 11 is 0. The Balaban J connectivity index is -0.00000000167. The Kier molecular flexibility index (Phi) is 97.0. The van der Waals surface area contributed by atoms with Gasteiger partial charge in [-0.2, -0.15) is 0 Å². The number of hydrogen-bond acceptors (Lipinski definition) is 1. The Labute approximate surface area is 62.8 Å². The molecule has 0 amide bonds. The molecule has 0 fully saturated rings. The molecule has 0 saturated heterocycles. The Bertz CT molecular complexity index is 11.6. The van der Waals surface area contributed by atoms with Crippen molar-refractivity contribution < 1.29 is 54.1 Å². The number of hydrogen-bond donors (Lipinski definition) is 0. The second-order valence-electron chi connectivity index (χ2n) is 0. The molecule has 1 nitrogen and oxygen atoms in total. The molecule has 0 rings (SSSR count). The van der Waals surface area contributed by atoms with Crippen LogP contribution in [0.2, 0.25) is 0 Å². The molecule has 0 spiro atoms. The summed E-state index contributed by atoms with van der Waals surface area (Å²) in [6.07, 6.45) is 0. The van der Waals surface area contributed by atoms with E-state index in [2.05, 4.69) is 0 Å². The summed E-state index contributed by atoms with van der Waals surface area (Å²) in [6.45, 7) is 0. The van der Waals surface area contributed by atoms with Crippen molar-refractivity contribution in [2.75, 3.05) is 0 Å². The van der Waals surface area contributed by atoms with Crippen LogP contribution in [0.5, 0.6) is 0 Å². The molecule has 0 aliphatic rings. The first kappa shape index (κ1) is 17.3. The Morgan fingerprint density at radius 1 is 1.50 bits per heavy atom. The molecule has 0 bridgehead atoms. The molecule has 0 aliphatic heterocycles. The fraction of sp³-hybridized carbons (Fsp3) is 0. The van der Waals surface area contributed by atoms with Crippen molar-refractivity contribution in [2.24, 2.45) is 0 Å². The standard InChI is InChI=1S/Na.HOP.V.H/c;1-2;;/h;2H;;/q+1;;;-1. The summed E-state index contributed by atoms with van der Waals surface area (Å²) in [5.74, 6) is 0. The summed E-state index contributed by atoms with van der Waals surface area (Å²) in [4.78, 5) is 0. The van der Waals surface area contributed by atoms with Crippen LogP contribution in [0.15, 0.2) is 0 Å². The monoisotopic (exact) mass is 123 g/mol. The van der Waals surface area contributed by atoms with Crippen LogP contribution in [-0.2, 0) is 23.1 Å². The van der Waals surface area contributed by atoms with Crippen molar-refractivity contribution in [1.29, 1.82) is 0 Å². The van der Waals surface area contributed by atoms with Crippen LogP contribution in [0.1, 0.15) is 1.43 Å². The van der Waals surface area contributed by atoms with Gasteiger partial charge in [0, 0.05) is 18.6 Å². The van der Waals surface area contributed by atoms with Crippen molar-refractivity contribution in [3.63, 3.8) is 0 Å². The molecule has 0 aromatic carbocycles. The third-order valence-corrected chi connectivity index (χ3v) is 0. The molecule has 0 unspecified atom stereocenters. The normalized spacial score (nSPS) is 1.00. The molecule has 19 valence electrons. The van der Waals surface area contributed by atoms with Gasteiger partial charge in [-0.3, -0.25) is 4.57 Å². The molecule has 0 aliphatic carbocycles. The fourth-order valence-electron chi connectivity index (χ4n) is 0. The molecular weight excluding hydrogens is 121 g/mol. The summed E-state index contributed by atoms with van der Waals surface area (Å²) in [5, 5.41) is 0. The Morgan fingerprint density at radius 2 is 1.50 bits per heavy atom. The van der Waals surface area contributed by atoms with Crippen molar-refractivity contribution >= 4 is 9.12 Å². The smallest absolute Gasteiger partial charge is 1.00 e. The van der Waals surface area contributed by atoms with Crippen LogP contribution in [0.4, 0.5) is 0 Å². The SMILES string of the molecule is O=P.[H-].[Na+].[V]. The average Bonchev–Trinajstić information content (AvgIpc) is 1.00. The second-order valence-corrected chi connectivity index (χ2v) is 0. The zero-order valence-electron chi connectivity index (χ0n) is 3.36. The van der Waals surface area contributed by atoms with Gasteiger partial charge in [-0.15, -0.1) is 0 Å². The largest absolute Gasteiger partial charge is 1.00 e. The van der Waals surface area contributed by atoms with Crippen molar-refractivity contribution in [3.8, 4) is 0 Å². The minimum absolute atomic E-state index is 0. The van der Waals surface area contributed by atoms with Crippen molar-refractivity contribution in [1.82, 2.24) is 0 Å². The van der Waals surface area contributed by atoms with E-state index in [4.69, 9.17) is 4.57 Å². The van der Waals surface area contributed by atoms with E-state index in [9.17, 15) is 0 Å². The van der Waals surface area contributed by atoms with E-state index in [0.29, 0.717) is 0 Å². The van der Waals surface area contributed by atoms with Crippen molar-refractivity contribution in [2.45, 2.75) is 0 Å². The van der Waals surface area contributed by atoms with Crippen LogP contribution in [0.3, 0.4) is 0 Å². The van der Waals surface area contributed by atoms with E-state index in [-0.39, 0.29) is 49.5 Å². The van der Waals surface area contributed by atoms with E-state index >= 15 is 0 Å². The van der Waals surface area contributed by atoms with Crippen LogP contribution >= 0.6 is 9.12 Å². The maximum atomic E-state index is 8.06. The van der Waals surface area contributed by atoms with Gasteiger partial charge >= 0.3 is 29.6 Å². The van der Waals surface area contributed by atoms with Crippen LogP contribution < -0.4 is 29.6 Å². The maximum absolute atomic E-state index is 8.06. The van der Waals surface area contributed by atoms with E-state index < -0.39 is 0 Å². The minimum atomic E-state index is 0. The average molecular weight is 123 g/mol. The summed E-state index contributed by atoms with van der Waals surface area (Å²) in [5.41, 5.74) is 0. The van der Waals surface area contributed by atoms with E-state index in [1.165, 1.54) is 0 Å². The minimum Gasteiger partial charge on any atom is -1.00 e. The quantitative estimate of drug-likeness (QED) is 0.259. The molecular formula is H2NaOPV. The maximum Gasteiger partial charge on any atom is 1.00 e. The fourth-order valence-corrected chi connectivity index (χ4v) is 0. The Hall–Kier alpha value is 1.68. The molecule has 0 aromatic heterocycles. The molecule has 4 heteroatoms. The van der Waals surface area contributed by atoms with Gasteiger partial charge in [-0.1, -0.05) is 0 Å². The van der Waals surface area contributed by atoms with Gasteiger partial charge in [0.1, 0.15) is 9.12 Å². The first-order valence-electron chi connectivity index (χ1n) is 0.204. The van der Waals surface area contributed by atoms with E-state index in [1.807, 2.05) is 0 Å². The molecule has 0 heterocycles. The molecule has 4 heavy (non-hydrogen) atoms. The molecule has 0 saturated carbocycles. The molecule has 0 atom stereocenters. The number of rotatable bonds is 0. The zero-order chi connectivity index (χ0) is 2.00. The van der Waals surface area contributed by atoms with E-state index in [0.717, 1.165) is 0 Å². The molecule has 1 radical (unpaired) electrons. The van der Waals surface area contributed by atoms with Gasteiger partial charge in [0.25, 0.3) is 0 Å². The van der Waals surface area contributed by atoms with Gasteiger partial charge in [0.2, 0.25) is 0 Å². The van der Waals surface area contributed by atoms with Crippen LogP contribution in [0, 0.1) is 0 Å². The topological polar surface area (TPSA) is 17.1 Å². The molecule has 0 N–H and O–H groups in total. The first-order valence-corrected chi connectivity index (χ1v) is 0.612. The van der Waals surface area contributed by atoms with Gasteiger partial charge in [-0.05, 0) is 0 Å². The third kappa shape index (κ3) is 9.36. The van der Waals surface area contributed by atoms with E-state index in [1.54, 1.807) is 9.12 Å². The predicted molar refractivity (Wildman–Crippen MR) is 10.1 cm³/mol. The van der Waals surface area contributed by atoms with Crippen LogP contribution in [0.25, 0.3) is 0 Å². The van der Waals surface area contributed by atoms with Gasteiger partial charge in [0.05, 0.1) is 0 Å². The Morgan fingerprint density at radius 3 is 1.50 bits per heavy atom. The van der Waals surface area contributed by atoms with Gasteiger partial charge in [-0.25, -0.2) is 0 Å². The summed E-state index contributed by atoms with van der Waals surface area (Å²) in [6, 6.07) is 0. The van der Waals surface area contributed by atoms with Crippen molar-refractivity contribution in [3.05, 3.63) is 0 Å². The van der Waals surface area contributed by atoms with Gasteiger partial charge in [0.15, 0.2) is 0 Å². The second kappa shape index (κ2) is 22.4. The van der Waals surface area contributed by atoms with Gasteiger partial charge < -0.3 is 1.43 Å². The van der Waals surface area contributed by atoms with Crippen LogP contribution in [-0.4, -0.2) is 0 Å². The first-order chi connectivity index (χ1) is 1.00.